The van der Waals surface area contributed by atoms with Crippen LogP contribution in [0.5, 0.6) is 0 Å². The van der Waals surface area contributed by atoms with Gasteiger partial charge in [0.05, 0.1) is 18.5 Å². The van der Waals surface area contributed by atoms with Crippen molar-refractivity contribution in [1.29, 1.82) is 0 Å². The summed E-state index contributed by atoms with van der Waals surface area (Å²) in [5.41, 5.74) is 0. The molecule has 1 unspecified atom stereocenters. The molecule has 0 heterocycles. The quantitative estimate of drug-likeness (QED) is 0.598. The molecule has 0 aromatic heterocycles. The molecular weight excluding hydrogens is 283 g/mol. The molecule has 0 aliphatic carbocycles. The smallest absolute Gasteiger partial charge is 0.322 e. The molecule has 0 bridgehead atoms. The topological polar surface area (TPSA) is 105 Å². The summed E-state index contributed by atoms with van der Waals surface area (Å²) in [6.45, 7) is 1.14. The molecule has 1 amide bonds. The van der Waals surface area contributed by atoms with E-state index in [9.17, 15) is 14.2 Å². The van der Waals surface area contributed by atoms with E-state index in [1.165, 1.54) is 0 Å². The number of carboxylic acid groups (broad SMARTS) is 1. The summed E-state index contributed by atoms with van der Waals surface area (Å²) in [6.07, 6.45) is 0. The van der Waals surface area contributed by atoms with Crippen LogP contribution in [0.4, 0.5) is 0 Å². The van der Waals surface area contributed by atoms with Crippen LogP contribution in [0.25, 0.3) is 0 Å². The monoisotopic (exact) mass is 300 g/mol. The first kappa shape index (κ1) is 16.4. The highest BCUT2D eigenvalue weighted by Crippen LogP contribution is 2.40. The maximum absolute atomic E-state index is 12.6. The zero-order chi connectivity index (χ0) is 15.0. The molecule has 0 aliphatic heterocycles. The predicted molar refractivity (Wildman–Crippen MR) is 74.0 cm³/mol. The molecule has 1 atom stereocenters. The molecule has 0 saturated carbocycles. The summed E-state index contributed by atoms with van der Waals surface area (Å²) >= 11 is 0. The highest BCUT2D eigenvalue weighted by Gasteiger charge is 2.25. The highest BCUT2D eigenvalue weighted by molar-refractivity contribution is 7.65. The van der Waals surface area contributed by atoms with E-state index in [0.29, 0.717) is 5.30 Å². The van der Waals surface area contributed by atoms with Crippen LogP contribution in [0.2, 0.25) is 0 Å². The number of carboxylic acids is 1. The van der Waals surface area contributed by atoms with Crippen molar-refractivity contribution in [2.24, 2.45) is 0 Å². The summed E-state index contributed by atoms with van der Waals surface area (Å²) in [6, 6.07) is 8.48. The fourth-order valence-corrected chi connectivity index (χ4v) is 3.13. The highest BCUT2D eigenvalue weighted by atomic mass is 31.2. The van der Waals surface area contributed by atoms with Crippen LogP contribution < -0.4 is 15.7 Å². The number of amides is 1. The van der Waals surface area contributed by atoms with E-state index in [0.717, 1.165) is 0 Å². The second kappa shape index (κ2) is 7.79. The van der Waals surface area contributed by atoms with Crippen LogP contribution in [0.15, 0.2) is 30.3 Å². The molecule has 0 fully saturated rings. The first-order valence-electron chi connectivity index (χ1n) is 6.01. The summed E-state index contributed by atoms with van der Waals surface area (Å²) in [7, 11) is -3.33. The molecule has 3 N–H and O–H groups in total. The Bertz CT molecular complexity index is 506. The van der Waals surface area contributed by atoms with E-state index in [1.54, 1.807) is 37.3 Å². The minimum absolute atomic E-state index is 0.218. The van der Waals surface area contributed by atoms with Crippen LogP contribution in [0.1, 0.15) is 6.92 Å². The lowest BCUT2D eigenvalue weighted by Gasteiger charge is -2.18. The molecule has 0 aliphatic rings. The summed E-state index contributed by atoms with van der Waals surface area (Å²) < 4.78 is 17.9. The van der Waals surface area contributed by atoms with E-state index < -0.39 is 25.9 Å². The first-order chi connectivity index (χ1) is 9.48. The van der Waals surface area contributed by atoms with Crippen molar-refractivity contribution < 1.29 is 23.8 Å². The number of carbonyl (C=O) groups is 2. The molecular formula is C12H17N2O5P. The van der Waals surface area contributed by atoms with Crippen molar-refractivity contribution in [3.8, 4) is 0 Å². The number of hydrogen-bond acceptors (Lipinski definition) is 4. The third-order valence-electron chi connectivity index (χ3n) is 2.29. The summed E-state index contributed by atoms with van der Waals surface area (Å²) in [5.74, 6) is -1.71. The molecule has 0 saturated heterocycles. The maximum Gasteiger partial charge on any atom is 0.322 e. The predicted octanol–water partition coefficient (Wildman–Crippen LogP) is 0.332. The van der Waals surface area contributed by atoms with Gasteiger partial charge in [-0.2, -0.15) is 0 Å². The fourth-order valence-electron chi connectivity index (χ4n) is 1.43. The second-order valence-corrected chi connectivity index (χ2v) is 6.00. The van der Waals surface area contributed by atoms with Crippen LogP contribution in [-0.4, -0.2) is 36.7 Å². The molecule has 0 spiro atoms. The molecule has 110 valence electrons. The van der Waals surface area contributed by atoms with Crippen molar-refractivity contribution in [1.82, 2.24) is 10.4 Å². The van der Waals surface area contributed by atoms with Crippen molar-refractivity contribution in [2.75, 3.05) is 19.7 Å². The Morgan fingerprint density at radius 2 is 1.90 bits per heavy atom. The average Bonchev–Trinajstić information content (AvgIpc) is 2.44. The van der Waals surface area contributed by atoms with Gasteiger partial charge in [0, 0.05) is 0 Å². The molecule has 1 aromatic rings. The minimum Gasteiger partial charge on any atom is -0.480 e. The zero-order valence-corrected chi connectivity index (χ0v) is 11.9. The molecule has 7 nitrogen and oxygen atoms in total. The Morgan fingerprint density at radius 1 is 1.25 bits per heavy atom. The maximum atomic E-state index is 12.6. The SMILES string of the molecule is CCOP(=O)(NCC(=O)NCC(=O)O)c1ccccc1. The van der Waals surface area contributed by atoms with Crippen molar-refractivity contribution >= 4 is 24.7 Å². The summed E-state index contributed by atoms with van der Waals surface area (Å²) in [5, 5.41) is 13.6. The Kier molecular flexibility index (Phi) is 6.38. The van der Waals surface area contributed by atoms with Gasteiger partial charge in [-0.25, -0.2) is 5.09 Å². The van der Waals surface area contributed by atoms with Gasteiger partial charge < -0.3 is 14.9 Å². The van der Waals surface area contributed by atoms with Crippen LogP contribution >= 0.6 is 7.52 Å². The number of hydrogen-bond donors (Lipinski definition) is 3. The molecule has 1 rings (SSSR count). The normalized spacial score (nSPS) is 13.4. The third-order valence-corrected chi connectivity index (χ3v) is 4.47. The van der Waals surface area contributed by atoms with Gasteiger partial charge in [-0.1, -0.05) is 18.2 Å². The standard InChI is InChI=1S/C12H17N2O5P/c1-2-19-20(18,10-6-4-3-5-7-10)14-8-11(15)13-9-12(16)17/h3-7H,2,8-9H2,1H3,(H,13,15)(H,14,18)(H,16,17). The number of carbonyl (C=O) groups excluding carboxylic acids is 1. The van der Waals surface area contributed by atoms with Gasteiger partial charge in [-0.05, 0) is 19.1 Å². The van der Waals surface area contributed by atoms with Crippen LogP contribution in [0, 0.1) is 0 Å². The van der Waals surface area contributed by atoms with Crippen molar-refractivity contribution in [3.63, 3.8) is 0 Å². The first-order valence-corrected chi connectivity index (χ1v) is 7.64. The van der Waals surface area contributed by atoms with Crippen LogP contribution in [0.3, 0.4) is 0 Å². The number of nitrogens with one attached hydrogen (secondary N) is 2. The zero-order valence-electron chi connectivity index (χ0n) is 11.0. The summed E-state index contributed by atoms with van der Waals surface area (Å²) in [4.78, 5) is 21.7. The van der Waals surface area contributed by atoms with Gasteiger partial charge in [0.2, 0.25) is 5.91 Å². The Labute approximate surface area is 116 Å². The number of rotatable bonds is 8. The third kappa shape index (κ3) is 5.13. The van der Waals surface area contributed by atoms with Gasteiger partial charge >= 0.3 is 5.97 Å². The Morgan fingerprint density at radius 3 is 2.45 bits per heavy atom. The van der Waals surface area contributed by atoms with E-state index in [-0.39, 0.29) is 13.2 Å². The molecule has 20 heavy (non-hydrogen) atoms. The Hall–Kier alpha value is -1.69. The largest absolute Gasteiger partial charge is 0.480 e. The molecule has 1 aromatic carbocycles. The second-order valence-electron chi connectivity index (χ2n) is 3.81. The van der Waals surface area contributed by atoms with Gasteiger partial charge in [0.1, 0.15) is 6.54 Å². The van der Waals surface area contributed by atoms with Gasteiger partial charge in [-0.15, -0.1) is 0 Å². The lowest BCUT2D eigenvalue weighted by Crippen LogP contribution is -2.37. The van der Waals surface area contributed by atoms with E-state index in [1.807, 2.05) is 0 Å². The number of benzene rings is 1. The average molecular weight is 300 g/mol. The van der Waals surface area contributed by atoms with E-state index in [2.05, 4.69) is 10.4 Å². The molecule has 8 heteroatoms. The Balaban J connectivity index is 2.66. The van der Waals surface area contributed by atoms with E-state index >= 15 is 0 Å². The van der Waals surface area contributed by atoms with Crippen molar-refractivity contribution in [2.45, 2.75) is 6.92 Å². The minimum atomic E-state index is -3.33. The lowest BCUT2D eigenvalue weighted by molar-refractivity contribution is -0.137. The number of aliphatic carboxylic acids is 1. The van der Waals surface area contributed by atoms with Crippen LogP contribution in [-0.2, 0) is 18.7 Å². The van der Waals surface area contributed by atoms with Gasteiger partial charge in [0.15, 0.2) is 0 Å². The lowest BCUT2D eigenvalue weighted by atomic mass is 10.4. The van der Waals surface area contributed by atoms with Crippen molar-refractivity contribution in [3.05, 3.63) is 30.3 Å². The van der Waals surface area contributed by atoms with Gasteiger partial charge in [-0.3, -0.25) is 14.2 Å². The fraction of sp³-hybridized carbons (Fsp3) is 0.333. The molecule has 0 radical (unpaired) electrons. The van der Waals surface area contributed by atoms with Gasteiger partial charge in [0.25, 0.3) is 7.52 Å². The van der Waals surface area contributed by atoms with E-state index in [4.69, 9.17) is 9.63 Å².